The second-order valence-corrected chi connectivity index (χ2v) is 5.75. The number of ether oxygens (including phenoxy) is 1. The second kappa shape index (κ2) is 5.41. The Morgan fingerprint density at radius 3 is 2.89 bits per heavy atom. The highest BCUT2D eigenvalue weighted by Crippen LogP contribution is 2.41. The summed E-state index contributed by atoms with van der Waals surface area (Å²) >= 11 is 1.25. The van der Waals surface area contributed by atoms with Crippen molar-refractivity contribution in [1.82, 2.24) is 5.32 Å². The number of rotatable bonds is 3. The summed E-state index contributed by atoms with van der Waals surface area (Å²) in [6.45, 7) is 1.33. The van der Waals surface area contributed by atoms with Crippen LogP contribution in [0.4, 0.5) is 4.39 Å². The SMILES string of the molecule is CNCC1OCC(c2ccccc2)c2sc(F)cc21. The third-order valence-electron chi connectivity index (χ3n) is 3.48. The molecule has 0 amide bonds. The Balaban J connectivity index is 1.99. The highest BCUT2D eigenvalue weighted by molar-refractivity contribution is 7.10. The maximum atomic E-state index is 13.6. The van der Waals surface area contributed by atoms with E-state index in [9.17, 15) is 4.39 Å². The third-order valence-corrected chi connectivity index (χ3v) is 4.53. The van der Waals surface area contributed by atoms with Crippen LogP contribution in [0.25, 0.3) is 0 Å². The molecule has 1 N–H and O–H groups in total. The molecular formula is C15H16FNOS. The Morgan fingerprint density at radius 1 is 1.37 bits per heavy atom. The standard InChI is InChI=1S/C15H16FNOS/c1-17-8-13-11-7-14(16)19-15(11)12(9-18-13)10-5-3-2-4-6-10/h2-7,12-13,17H,8-9H2,1H3. The van der Waals surface area contributed by atoms with Gasteiger partial charge in [-0.25, -0.2) is 0 Å². The summed E-state index contributed by atoms with van der Waals surface area (Å²) in [6.07, 6.45) is -0.0410. The van der Waals surface area contributed by atoms with Gasteiger partial charge < -0.3 is 10.1 Å². The molecule has 0 radical (unpaired) electrons. The molecule has 1 aliphatic heterocycles. The van der Waals surface area contributed by atoms with Crippen molar-refractivity contribution in [1.29, 1.82) is 0 Å². The molecule has 0 saturated carbocycles. The first-order valence-corrected chi connectivity index (χ1v) is 7.21. The van der Waals surface area contributed by atoms with E-state index in [0.717, 1.165) is 10.4 Å². The summed E-state index contributed by atoms with van der Waals surface area (Å²) < 4.78 is 19.5. The molecule has 0 aliphatic carbocycles. The summed E-state index contributed by atoms with van der Waals surface area (Å²) in [5.41, 5.74) is 2.19. The van der Waals surface area contributed by atoms with Crippen molar-refractivity contribution in [2.75, 3.05) is 20.2 Å². The molecule has 2 atom stereocenters. The van der Waals surface area contributed by atoms with Crippen LogP contribution in [0.3, 0.4) is 0 Å². The zero-order valence-electron chi connectivity index (χ0n) is 10.7. The van der Waals surface area contributed by atoms with Gasteiger partial charge >= 0.3 is 0 Å². The van der Waals surface area contributed by atoms with E-state index in [0.29, 0.717) is 13.2 Å². The number of benzene rings is 1. The fourth-order valence-corrected chi connectivity index (χ4v) is 3.63. The molecule has 1 aromatic heterocycles. The van der Waals surface area contributed by atoms with Crippen molar-refractivity contribution >= 4 is 11.3 Å². The lowest BCUT2D eigenvalue weighted by Crippen LogP contribution is -2.26. The fraction of sp³-hybridized carbons (Fsp3) is 0.333. The van der Waals surface area contributed by atoms with Crippen LogP contribution in [0.15, 0.2) is 36.4 Å². The van der Waals surface area contributed by atoms with Crippen LogP contribution in [-0.2, 0) is 4.74 Å². The number of hydrogen-bond donors (Lipinski definition) is 1. The molecule has 100 valence electrons. The number of fused-ring (bicyclic) bond motifs is 1. The van der Waals surface area contributed by atoms with Gasteiger partial charge in [0, 0.05) is 17.3 Å². The van der Waals surface area contributed by atoms with E-state index in [1.54, 1.807) is 6.07 Å². The molecule has 0 saturated heterocycles. The van der Waals surface area contributed by atoms with Crippen molar-refractivity contribution in [2.24, 2.45) is 0 Å². The average Bonchev–Trinajstić information content (AvgIpc) is 2.82. The van der Waals surface area contributed by atoms with E-state index in [1.807, 2.05) is 25.2 Å². The minimum atomic E-state index is -0.127. The smallest absolute Gasteiger partial charge is 0.177 e. The van der Waals surface area contributed by atoms with Crippen LogP contribution < -0.4 is 5.32 Å². The Morgan fingerprint density at radius 2 is 2.16 bits per heavy atom. The van der Waals surface area contributed by atoms with Gasteiger partial charge in [-0.05, 0) is 24.2 Å². The van der Waals surface area contributed by atoms with Crippen LogP contribution in [0.2, 0.25) is 0 Å². The first-order valence-electron chi connectivity index (χ1n) is 6.40. The summed E-state index contributed by atoms with van der Waals surface area (Å²) in [7, 11) is 1.88. The predicted molar refractivity (Wildman–Crippen MR) is 75.2 cm³/mol. The van der Waals surface area contributed by atoms with Crippen molar-refractivity contribution in [3.05, 3.63) is 57.5 Å². The van der Waals surface area contributed by atoms with Crippen LogP contribution in [-0.4, -0.2) is 20.2 Å². The van der Waals surface area contributed by atoms with Crippen LogP contribution in [0.1, 0.15) is 28.0 Å². The monoisotopic (exact) mass is 277 g/mol. The average molecular weight is 277 g/mol. The molecule has 3 rings (SSSR count). The molecule has 0 bridgehead atoms. The van der Waals surface area contributed by atoms with Gasteiger partial charge in [-0.1, -0.05) is 30.3 Å². The van der Waals surface area contributed by atoms with Crippen LogP contribution in [0.5, 0.6) is 0 Å². The lowest BCUT2D eigenvalue weighted by atomic mass is 9.92. The largest absolute Gasteiger partial charge is 0.371 e. The minimum Gasteiger partial charge on any atom is -0.371 e. The molecular weight excluding hydrogens is 261 g/mol. The van der Waals surface area contributed by atoms with Crippen molar-refractivity contribution in [2.45, 2.75) is 12.0 Å². The van der Waals surface area contributed by atoms with Gasteiger partial charge in [0.05, 0.1) is 12.7 Å². The zero-order valence-corrected chi connectivity index (χ0v) is 11.5. The molecule has 1 aliphatic rings. The maximum absolute atomic E-state index is 13.6. The number of thiophene rings is 1. The zero-order chi connectivity index (χ0) is 13.2. The fourth-order valence-electron chi connectivity index (χ4n) is 2.58. The van der Waals surface area contributed by atoms with Crippen molar-refractivity contribution in [3.8, 4) is 0 Å². The van der Waals surface area contributed by atoms with E-state index in [1.165, 1.54) is 16.9 Å². The van der Waals surface area contributed by atoms with Crippen molar-refractivity contribution in [3.63, 3.8) is 0 Å². The highest BCUT2D eigenvalue weighted by atomic mass is 32.1. The molecule has 2 heterocycles. The van der Waals surface area contributed by atoms with Gasteiger partial charge in [0.2, 0.25) is 0 Å². The summed E-state index contributed by atoms with van der Waals surface area (Å²) in [4.78, 5) is 1.11. The lowest BCUT2D eigenvalue weighted by Gasteiger charge is -2.29. The van der Waals surface area contributed by atoms with Gasteiger partial charge in [-0.3, -0.25) is 0 Å². The second-order valence-electron chi connectivity index (χ2n) is 4.71. The van der Waals surface area contributed by atoms with Crippen molar-refractivity contribution < 1.29 is 9.13 Å². The predicted octanol–water partition coefficient (Wildman–Crippen LogP) is 3.31. The van der Waals surface area contributed by atoms with Gasteiger partial charge in [-0.2, -0.15) is 4.39 Å². The highest BCUT2D eigenvalue weighted by Gasteiger charge is 2.31. The van der Waals surface area contributed by atoms with Crippen LogP contribution in [0, 0.1) is 5.13 Å². The molecule has 0 spiro atoms. The molecule has 4 heteroatoms. The topological polar surface area (TPSA) is 21.3 Å². The molecule has 0 fully saturated rings. The third kappa shape index (κ3) is 2.43. The number of halogens is 1. The Bertz CT molecular complexity index is 555. The normalized spacial score (nSPS) is 22.2. The van der Waals surface area contributed by atoms with E-state index < -0.39 is 0 Å². The molecule has 2 unspecified atom stereocenters. The van der Waals surface area contributed by atoms with E-state index in [2.05, 4.69) is 17.4 Å². The first kappa shape index (κ1) is 12.8. The maximum Gasteiger partial charge on any atom is 0.177 e. The number of likely N-dealkylation sites (N-methyl/N-ethyl adjacent to an activating group) is 1. The quantitative estimate of drug-likeness (QED) is 0.929. The van der Waals surface area contributed by atoms with E-state index in [4.69, 9.17) is 4.74 Å². The van der Waals surface area contributed by atoms with Gasteiger partial charge in [0.1, 0.15) is 0 Å². The first-order chi connectivity index (χ1) is 9.29. The molecule has 1 aromatic carbocycles. The summed E-state index contributed by atoms with van der Waals surface area (Å²) in [5, 5.41) is 2.97. The van der Waals surface area contributed by atoms with E-state index in [-0.39, 0.29) is 17.2 Å². The minimum absolute atomic E-state index is 0.0410. The molecule has 2 nitrogen and oxygen atoms in total. The van der Waals surface area contributed by atoms with Gasteiger partial charge in [0.25, 0.3) is 0 Å². The Labute approximate surface area is 116 Å². The van der Waals surface area contributed by atoms with Crippen LogP contribution >= 0.6 is 11.3 Å². The molecule has 2 aromatic rings. The number of nitrogens with one attached hydrogen (secondary N) is 1. The molecule has 19 heavy (non-hydrogen) atoms. The van der Waals surface area contributed by atoms with E-state index >= 15 is 0 Å². The lowest BCUT2D eigenvalue weighted by molar-refractivity contribution is 0.0366. The summed E-state index contributed by atoms with van der Waals surface area (Å²) in [6, 6.07) is 11.8. The van der Waals surface area contributed by atoms with Gasteiger partial charge in [0.15, 0.2) is 5.13 Å². The Kier molecular flexibility index (Phi) is 3.64. The van der Waals surface area contributed by atoms with Gasteiger partial charge in [-0.15, -0.1) is 11.3 Å². The number of hydrogen-bond acceptors (Lipinski definition) is 3. The summed E-state index contributed by atoms with van der Waals surface area (Å²) in [5.74, 6) is 0.152. The Hall–Kier alpha value is -1.23.